The maximum absolute atomic E-state index is 14.0. The highest BCUT2D eigenvalue weighted by atomic mass is 19.1. The zero-order chi connectivity index (χ0) is 24.7. The van der Waals surface area contributed by atoms with Gasteiger partial charge in [0, 0.05) is 29.7 Å². The molecule has 1 unspecified atom stereocenters. The predicted molar refractivity (Wildman–Crippen MR) is 142 cm³/mol. The van der Waals surface area contributed by atoms with E-state index in [4.69, 9.17) is 4.98 Å². The summed E-state index contributed by atoms with van der Waals surface area (Å²) in [6.07, 6.45) is 1.67. The number of aromatic nitrogens is 2. The van der Waals surface area contributed by atoms with E-state index in [0.717, 1.165) is 42.1 Å². The number of hydrogen-bond donors (Lipinski definition) is 2. The van der Waals surface area contributed by atoms with Crippen molar-refractivity contribution >= 4 is 16.7 Å². The molecule has 4 nitrogen and oxygen atoms in total. The molecule has 0 spiro atoms. The van der Waals surface area contributed by atoms with Gasteiger partial charge in [-0.3, -0.25) is 0 Å². The number of benzene rings is 2. The summed E-state index contributed by atoms with van der Waals surface area (Å²) in [7, 11) is 0. The van der Waals surface area contributed by atoms with Gasteiger partial charge in [-0.15, -0.1) is 0 Å². The van der Waals surface area contributed by atoms with Crippen molar-refractivity contribution in [2.75, 3.05) is 11.4 Å². The fourth-order valence-corrected chi connectivity index (χ4v) is 5.19. The second-order valence-electron chi connectivity index (χ2n) is 10.9. The fourth-order valence-electron chi connectivity index (χ4n) is 5.19. The van der Waals surface area contributed by atoms with E-state index in [9.17, 15) is 4.39 Å². The Morgan fingerprint density at radius 3 is 2.57 bits per heavy atom. The Balaban J connectivity index is 1.61. The van der Waals surface area contributed by atoms with Crippen LogP contribution < -0.4 is 10.2 Å². The van der Waals surface area contributed by atoms with Crippen molar-refractivity contribution in [3.8, 4) is 0 Å². The summed E-state index contributed by atoms with van der Waals surface area (Å²) >= 11 is 0. The Labute approximate surface area is 207 Å². The molecule has 2 aromatic heterocycles. The van der Waals surface area contributed by atoms with Crippen molar-refractivity contribution in [3.63, 3.8) is 0 Å². The first-order chi connectivity index (χ1) is 16.7. The second-order valence-corrected chi connectivity index (χ2v) is 10.9. The van der Waals surface area contributed by atoms with E-state index >= 15 is 0 Å². The van der Waals surface area contributed by atoms with Gasteiger partial charge in [-0.2, -0.15) is 0 Å². The number of pyridine rings is 1. The van der Waals surface area contributed by atoms with E-state index in [1.807, 2.05) is 6.07 Å². The van der Waals surface area contributed by atoms with E-state index in [1.165, 1.54) is 33.8 Å². The van der Waals surface area contributed by atoms with Crippen LogP contribution in [0.5, 0.6) is 0 Å². The van der Waals surface area contributed by atoms with Crippen LogP contribution in [0.3, 0.4) is 0 Å². The molecule has 0 aliphatic carbocycles. The molecule has 0 saturated carbocycles. The van der Waals surface area contributed by atoms with Gasteiger partial charge >= 0.3 is 0 Å². The molecule has 35 heavy (non-hydrogen) atoms. The minimum absolute atomic E-state index is 0.0494. The quantitative estimate of drug-likeness (QED) is 0.347. The van der Waals surface area contributed by atoms with Crippen LogP contribution in [0.15, 0.2) is 54.6 Å². The van der Waals surface area contributed by atoms with Crippen molar-refractivity contribution in [1.82, 2.24) is 15.3 Å². The Kier molecular flexibility index (Phi) is 6.14. The minimum Gasteiger partial charge on any atom is -0.355 e. The van der Waals surface area contributed by atoms with E-state index < -0.39 is 0 Å². The van der Waals surface area contributed by atoms with Crippen molar-refractivity contribution < 1.29 is 4.39 Å². The number of nitrogens with one attached hydrogen (secondary N) is 2. The van der Waals surface area contributed by atoms with Gasteiger partial charge in [0.15, 0.2) is 5.82 Å². The molecule has 0 amide bonds. The topological polar surface area (TPSA) is 44.0 Å². The smallest absolute Gasteiger partial charge is 0.153 e. The van der Waals surface area contributed by atoms with Gasteiger partial charge < -0.3 is 15.2 Å². The number of anilines is 1. The van der Waals surface area contributed by atoms with Gasteiger partial charge in [0.25, 0.3) is 0 Å². The molecule has 1 atom stereocenters. The molecule has 1 aliphatic rings. The Morgan fingerprint density at radius 2 is 1.83 bits per heavy atom. The van der Waals surface area contributed by atoms with E-state index in [-0.39, 0.29) is 17.4 Å². The maximum atomic E-state index is 14.0. The normalized spacial score (nSPS) is 14.9. The van der Waals surface area contributed by atoms with Crippen LogP contribution in [-0.2, 0) is 19.4 Å². The lowest BCUT2D eigenvalue weighted by Crippen LogP contribution is -2.40. The van der Waals surface area contributed by atoms with E-state index in [0.29, 0.717) is 6.42 Å². The molecule has 0 radical (unpaired) electrons. The van der Waals surface area contributed by atoms with Crippen molar-refractivity contribution in [1.29, 1.82) is 0 Å². The summed E-state index contributed by atoms with van der Waals surface area (Å²) in [5, 5.41) is 4.97. The summed E-state index contributed by atoms with van der Waals surface area (Å²) in [5.74, 6) is 0.799. The predicted octanol–water partition coefficient (Wildman–Crippen LogP) is 6.55. The van der Waals surface area contributed by atoms with Crippen molar-refractivity contribution in [2.45, 2.75) is 65.6 Å². The highest BCUT2D eigenvalue weighted by Crippen LogP contribution is 2.34. The molecule has 3 heterocycles. The Morgan fingerprint density at radius 1 is 1.06 bits per heavy atom. The molecule has 4 aromatic rings. The molecule has 182 valence electrons. The second kappa shape index (κ2) is 9.12. The monoisotopic (exact) mass is 470 g/mol. The molecule has 0 bridgehead atoms. The zero-order valence-corrected chi connectivity index (χ0v) is 21.4. The Bertz CT molecular complexity index is 1360. The van der Waals surface area contributed by atoms with E-state index in [1.54, 1.807) is 12.1 Å². The van der Waals surface area contributed by atoms with Crippen LogP contribution in [0.25, 0.3) is 10.9 Å². The van der Waals surface area contributed by atoms with Gasteiger partial charge in [0.05, 0.1) is 17.3 Å². The molecule has 5 rings (SSSR count). The Hall–Kier alpha value is -3.18. The summed E-state index contributed by atoms with van der Waals surface area (Å²) in [6, 6.07) is 17.8. The number of aryl methyl sites for hydroxylation is 2. The molecule has 0 saturated heterocycles. The standard InChI is InChI=1S/C30H35FN4/c1-19-20(2)32-28-25(19)17-26(27(34-30(3,4)5)16-21-9-8-12-24(31)15-21)33-29(28)35-14-13-22-10-6-7-11-23(22)18-35/h6-12,15,17,27,32,34H,13-14,16,18H2,1-5H3. The number of rotatable bonds is 5. The first-order valence-electron chi connectivity index (χ1n) is 12.5. The number of aromatic amines is 1. The van der Waals surface area contributed by atoms with Crippen LogP contribution >= 0.6 is 0 Å². The third kappa shape index (κ3) is 4.96. The number of H-pyrrole nitrogens is 1. The third-order valence-corrected chi connectivity index (χ3v) is 7.02. The van der Waals surface area contributed by atoms with Crippen LogP contribution in [-0.4, -0.2) is 22.1 Å². The van der Waals surface area contributed by atoms with Gasteiger partial charge in [-0.1, -0.05) is 36.4 Å². The fraction of sp³-hybridized carbons (Fsp3) is 0.367. The summed E-state index contributed by atoms with van der Waals surface area (Å²) in [5.41, 5.74) is 8.14. The number of nitrogens with zero attached hydrogens (tertiary/aromatic N) is 2. The molecular formula is C30H35FN4. The molecular weight excluding hydrogens is 435 g/mol. The van der Waals surface area contributed by atoms with Crippen LogP contribution in [0.2, 0.25) is 0 Å². The number of halogens is 1. The van der Waals surface area contributed by atoms with Gasteiger partial charge in [0.2, 0.25) is 0 Å². The highest BCUT2D eigenvalue weighted by molar-refractivity contribution is 5.93. The number of fused-ring (bicyclic) bond motifs is 2. The first-order valence-corrected chi connectivity index (χ1v) is 12.5. The summed E-state index contributed by atoms with van der Waals surface area (Å²) in [4.78, 5) is 11.3. The van der Waals surface area contributed by atoms with Crippen LogP contribution in [0, 0.1) is 19.7 Å². The van der Waals surface area contributed by atoms with Crippen molar-refractivity contribution in [3.05, 3.63) is 94.1 Å². The molecule has 1 aliphatic heterocycles. The maximum Gasteiger partial charge on any atom is 0.153 e. The van der Waals surface area contributed by atoms with Gasteiger partial charge in [-0.05, 0) is 87.9 Å². The molecule has 2 aromatic carbocycles. The largest absolute Gasteiger partial charge is 0.355 e. The summed E-state index contributed by atoms with van der Waals surface area (Å²) in [6.45, 7) is 12.6. The first kappa shape index (κ1) is 23.6. The lowest BCUT2D eigenvalue weighted by atomic mass is 9.97. The summed E-state index contributed by atoms with van der Waals surface area (Å²) < 4.78 is 14.0. The highest BCUT2D eigenvalue weighted by Gasteiger charge is 2.26. The van der Waals surface area contributed by atoms with Crippen LogP contribution in [0.4, 0.5) is 10.2 Å². The third-order valence-electron chi connectivity index (χ3n) is 7.02. The van der Waals surface area contributed by atoms with Crippen LogP contribution in [0.1, 0.15) is 60.5 Å². The number of hydrogen-bond acceptors (Lipinski definition) is 3. The molecule has 5 heteroatoms. The van der Waals surface area contributed by atoms with Gasteiger partial charge in [-0.25, -0.2) is 9.37 Å². The molecule has 0 fully saturated rings. The van der Waals surface area contributed by atoms with E-state index in [2.05, 4.69) is 80.2 Å². The lowest BCUT2D eigenvalue weighted by molar-refractivity contribution is 0.357. The minimum atomic E-state index is -0.204. The average molecular weight is 471 g/mol. The molecule has 2 N–H and O–H groups in total. The SMILES string of the molecule is Cc1[nH]c2c(N3CCc4ccccc4C3)nc(C(Cc3cccc(F)c3)NC(C)(C)C)cc2c1C. The zero-order valence-electron chi connectivity index (χ0n) is 21.4. The van der Waals surface area contributed by atoms with Crippen molar-refractivity contribution in [2.24, 2.45) is 0 Å². The average Bonchev–Trinajstić information content (AvgIpc) is 3.10. The van der Waals surface area contributed by atoms with Gasteiger partial charge in [0.1, 0.15) is 5.82 Å². The lowest BCUT2D eigenvalue weighted by Gasteiger charge is -2.32.